The molecule has 8 heteroatoms. The van der Waals surface area contributed by atoms with Gasteiger partial charge < -0.3 is 19.3 Å². The molecule has 0 bridgehead atoms. The molecule has 2 aliphatic heterocycles. The van der Waals surface area contributed by atoms with Gasteiger partial charge in [0.1, 0.15) is 0 Å². The predicted molar refractivity (Wildman–Crippen MR) is 40.4 cm³/mol. The summed E-state index contributed by atoms with van der Waals surface area (Å²) in [4.78, 5) is 8.96. The maximum atomic E-state index is 11.0. The molecular weight excluding hydrogens is 437 g/mol. The van der Waals surface area contributed by atoms with Crippen LogP contribution in [-0.4, -0.2) is 34.9 Å². The van der Waals surface area contributed by atoms with E-state index in [1.807, 2.05) is 0 Å². The van der Waals surface area contributed by atoms with Gasteiger partial charge in [0.15, 0.2) is 0 Å². The number of hydrogen-bond donors (Lipinski definition) is 2. The topological polar surface area (TPSA) is 85.2 Å². The average Bonchev–Trinajstić information content (AvgIpc) is 2.15. The van der Waals surface area contributed by atoms with Gasteiger partial charge in [0, 0.05) is 44.1 Å². The Morgan fingerprint density at radius 2 is 2.14 bits per heavy atom. The average molecular weight is 447 g/mol. The van der Waals surface area contributed by atoms with Gasteiger partial charge in [0.05, 0.1) is 12.2 Å². The first-order valence-electron chi connectivity index (χ1n) is 3.89. The zero-order chi connectivity index (χ0) is 9.47. The molecular formula is C6H10O6PU-. The summed E-state index contributed by atoms with van der Waals surface area (Å²) in [6, 6.07) is 0. The second kappa shape index (κ2) is 4.94. The van der Waals surface area contributed by atoms with Crippen molar-refractivity contribution in [2.24, 2.45) is 0 Å². The Kier molecular flexibility index (Phi) is 4.64. The minimum atomic E-state index is -3.92. The van der Waals surface area contributed by atoms with Gasteiger partial charge in [-0.2, -0.15) is 6.61 Å². The molecule has 0 aromatic carbocycles. The summed E-state index contributed by atoms with van der Waals surface area (Å²) in [7, 11) is -3.92. The van der Waals surface area contributed by atoms with Crippen molar-refractivity contribution in [1.82, 2.24) is 0 Å². The number of fused-ring (bicyclic) bond motifs is 1. The monoisotopic (exact) mass is 447 g/mol. The van der Waals surface area contributed by atoms with Gasteiger partial charge in [-0.15, -0.1) is 0 Å². The van der Waals surface area contributed by atoms with E-state index >= 15 is 0 Å². The second-order valence-electron chi connectivity index (χ2n) is 3.04. The normalized spacial score (nSPS) is 47.7. The summed E-state index contributed by atoms with van der Waals surface area (Å²) in [5.74, 6) is 0. The van der Waals surface area contributed by atoms with Crippen LogP contribution in [0.1, 0.15) is 6.42 Å². The molecule has 2 heterocycles. The number of aliphatic hydroxyl groups excluding tert-OH is 1. The summed E-state index contributed by atoms with van der Waals surface area (Å²) in [6.45, 7) is 1.45. The number of phosphoric acid groups is 1. The minimum Gasteiger partial charge on any atom is -0.548 e. The van der Waals surface area contributed by atoms with E-state index in [9.17, 15) is 9.67 Å². The van der Waals surface area contributed by atoms with Crippen molar-refractivity contribution in [1.29, 1.82) is 0 Å². The summed E-state index contributed by atoms with van der Waals surface area (Å²) < 4.78 is 25.3. The van der Waals surface area contributed by atoms with Crippen LogP contribution in [0.3, 0.4) is 0 Å². The van der Waals surface area contributed by atoms with E-state index in [0.717, 1.165) is 0 Å². The summed E-state index contributed by atoms with van der Waals surface area (Å²) in [6.07, 6.45) is -1.69. The fraction of sp³-hybridized carbons (Fsp3) is 0.833. The first-order chi connectivity index (χ1) is 6.07. The van der Waals surface area contributed by atoms with Crippen LogP contribution in [0.4, 0.5) is 0 Å². The Morgan fingerprint density at radius 3 is 2.86 bits per heavy atom. The maximum Gasteiger partial charge on any atom is 0.470 e. The smallest absolute Gasteiger partial charge is 0.470 e. The van der Waals surface area contributed by atoms with Gasteiger partial charge in [-0.3, -0.25) is 4.52 Å². The van der Waals surface area contributed by atoms with E-state index in [0.29, 0.717) is 0 Å². The van der Waals surface area contributed by atoms with Crippen LogP contribution in [0.25, 0.3) is 0 Å². The molecule has 0 spiro atoms. The van der Waals surface area contributed by atoms with E-state index in [1.54, 1.807) is 0 Å². The second-order valence-corrected chi connectivity index (χ2v) is 4.40. The van der Waals surface area contributed by atoms with Gasteiger partial charge in [0.25, 0.3) is 0 Å². The minimum absolute atomic E-state index is 0. The number of aliphatic hydroxyl groups is 1. The van der Waals surface area contributed by atoms with Crippen LogP contribution in [-0.2, 0) is 18.3 Å². The Balaban J connectivity index is 0.000000980. The van der Waals surface area contributed by atoms with Crippen LogP contribution >= 0.6 is 7.82 Å². The van der Waals surface area contributed by atoms with E-state index in [2.05, 4.69) is 4.52 Å². The van der Waals surface area contributed by atoms with Gasteiger partial charge in [-0.1, -0.05) is 0 Å². The third kappa shape index (κ3) is 3.04. The Morgan fingerprint density at radius 1 is 1.43 bits per heavy atom. The molecule has 0 aromatic heterocycles. The molecule has 0 amide bonds. The standard InChI is InChI=1S/C6H10O6P.U/c7-4-1-5-6(3-10-2-4)12-13(8,9)11-5;/h3-7H,1-2H2,(H,8,9);/q-1;/t4?,5-,6+;/m1./s1. The van der Waals surface area contributed by atoms with Crippen LogP contribution in [0, 0.1) is 37.7 Å². The Labute approximate surface area is 105 Å². The molecule has 0 saturated carbocycles. The number of hydrogen-bond acceptors (Lipinski definition) is 5. The van der Waals surface area contributed by atoms with Gasteiger partial charge in [0.2, 0.25) is 0 Å². The molecule has 2 saturated heterocycles. The van der Waals surface area contributed by atoms with Crippen LogP contribution < -0.4 is 0 Å². The van der Waals surface area contributed by atoms with Crippen molar-refractivity contribution in [3.8, 4) is 0 Å². The quantitative estimate of drug-likeness (QED) is 0.396. The Hall–Kier alpha value is 1.08. The largest absolute Gasteiger partial charge is 0.548 e. The molecule has 0 aromatic rings. The summed E-state index contributed by atoms with van der Waals surface area (Å²) in [5.41, 5.74) is 0. The first-order valence-corrected chi connectivity index (χ1v) is 5.39. The molecule has 0 radical (unpaired) electrons. The third-order valence-corrected chi connectivity index (χ3v) is 2.96. The zero-order valence-corrected chi connectivity index (χ0v) is 12.3. The molecule has 2 fully saturated rings. The van der Waals surface area contributed by atoms with E-state index in [1.165, 1.54) is 6.61 Å². The Bertz CT molecular complexity index is 248. The number of rotatable bonds is 0. The first kappa shape index (κ1) is 13.1. The van der Waals surface area contributed by atoms with Crippen molar-refractivity contribution in [3.63, 3.8) is 0 Å². The van der Waals surface area contributed by atoms with Crippen molar-refractivity contribution >= 4 is 7.82 Å². The van der Waals surface area contributed by atoms with E-state index in [-0.39, 0.29) is 44.1 Å². The van der Waals surface area contributed by atoms with Gasteiger partial charge in [-0.25, -0.2) is 4.57 Å². The summed E-state index contributed by atoms with van der Waals surface area (Å²) >= 11 is 0. The SMILES string of the molecule is O=P1(O)O[C@H]2[CH-]OCC(O)C[C@H]2O1.[U]. The van der Waals surface area contributed by atoms with Crippen LogP contribution in [0.15, 0.2) is 0 Å². The third-order valence-electron chi connectivity index (χ3n) is 1.91. The molecule has 2 aliphatic rings. The molecule has 6 nitrogen and oxygen atoms in total. The van der Waals surface area contributed by atoms with Crippen molar-refractivity contribution in [3.05, 3.63) is 6.61 Å². The molecule has 2 rings (SSSR count). The van der Waals surface area contributed by atoms with Gasteiger partial charge in [-0.05, 0) is 6.10 Å². The molecule has 2 N–H and O–H groups in total. The fourth-order valence-electron chi connectivity index (χ4n) is 1.36. The van der Waals surface area contributed by atoms with Crippen LogP contribution in [0.5, 0.6) is 0 Å². The van der Waals surface area contributed by atoms with Gasteiger partial charge >= 0.3 is 7.82 Å². The maximum absolute atomic E-state index is 11.0. The molecule has 2 unspecified atom stereocenters. The van der Waals surface area contributed by atoms with Crippen molar-refractivity contribution in [2.45, 2.75) is 24.7 Å². The molecule has 80 valence electrons. The number of ether oxygens (including phenoxy) is 1. The molecule has 0 aliphatic carbocycles. The fourth-order valence-corrected chi connectivity index (χ4v) is 2.46. The van der Waals surface area contributed by atoms with Crippen molar-refractivity contribution < 1.29 is 59.5 Å². The number of phosphoric ester groups is 1. The van der Waals surface area contributed by atoms with Crippen molar-refractivity contribution in [2.75, 3.05) is 6.61 Å². The van der Waals surface area contributed by atoms with E-state index in [4.69, 9.17) is 14.2 Å². The molecule has 4 atom stereocenters. The summed E-state index contributed by atoms with van der Waals surface area (Å²) in [5, 5.41) is 9.25. The molecule has 14 heavy (non-hydrogen) atoms. The van der Waals surface area contributed by atoms with Crippen LogP contribution in [0.2, 0.25) is 0 Å². The zero-order valence-electron chi connectivity index (χ0n) is 7.20. The van der Waals surface area contributed by atoms with E-state index < -0.39 is 26.1 Å². The predicted octanol–water partition coefficient (Wildman–Crippen LogP) is -0.186.